The van der Waals surface area contributed by atoms with Gasteiger partial charge in [-0.1, -0.05) is 55.8 Å². The van der Waals surface area contributed by atoms with Gasteiger partial charge in [-0.25, -0.2) is 0 Å². The van der Waals surface area contributed by atoms with Gasteiger partial charge in [-0.15, -0.1) is 0 Å². The van der Waals surface area contributed by atoms with E-state index in [1.807, 2.05) is 13.0 Å². The number of allylic oxidation sites excluding steroid dienone is 4. The van der Waals surface area contributed by atoms with Crippen LogP contribution in [0.5, 0.6) is 0 Å². The van der Waals surface area contributed by atoms with Crippen molar-refractivity contribution in [1.29, 1.82) is 0 Å². The summed E-state index contributed by atoms with van der Waals surface area (Å²) in [5.74, 6) is 0.998. The minimum atomic E-state index is 0.680. The van der Waals surface area contributed by atoms with Crippen LogP contribution in [-0.4, -0.2) is 13.2 Å². The topological polar surface area (TPSA) is 21.3 Å². The molecule has 0 spiro atoms. The molecule has 1 aromatic carbocycles. The molecule has 2 heteroatoms. The molecular formula is C19H25NO. The summed E-state index contributed by atoms with van der Waals surface area (Å²) in [5.41, 5.74) is 3.59. The smallest absolute Gasteiger partial charge is 0.132 e. The van der Waals surface area contributed by atoms with E-state index in [9.17, 15) is 0 Å². The highest BCUT2D eigenvalue weighted by Gasteiger charge is 2.15. The number of benzene rings is 1. The largest absolute Gasteiger partial charge is 0.493 e. The fourth-order valence-electron chi connectivity index (χ4n) is 2.42. The van der Waals surface area contributed by atoms with Crippen LogP contribution in [0.2, 0.25) is 0 Å². The van der Waals surface area contributed by atoms with Crippen molar-refractivity contribution in [3.05, 3.63) is 65.4 Å². The molecule has 0 aliphatic heterocycles. The van der Waals surface area contributed by atoms with E-state index in [-0.39, 0.29) is 0 Å². The summed E-state index contributed by atoms with van der Waals surface area (Å²) in [5, 5.41) is 3.55. The van der Waals surface area contributed by atoms with Gasteiger partial charge in [0.2, 0.25) is 0 Å². The van der Waals surface area contributed by atoms with Gasteiger partial charge in [0.25, 0.3) is 0 Å². The molecule has 0 atom stereocenters. The highest BCUT2D eigenvalue weighted by Crippen LogP contribution is 2.28. The van der Waals surface area contributed by atoms with Crippen molar-refractivity contribution in [3.63, 3.8) is 0 Å². The Bertz CT molecular complexity index is 526. The van der Waals surface area contributed by atoms with Crippen LogP contribution in [0.3, 0.4) is 0 Å². The van der Waals surface area contributed by atoms with Gasteiger partial charge in [0, 0.05) is 23.4 Å². The predicted molar refractivity (Wildman–Crippen MR) is 89.7 cm³/mol. The summed E-state index contributed by atoms with van der Waals surface area (Å²) < 4.78 is 5.97. The van der Waals surface area contributed by atoms with Gasteiger partial charge in [-0.2, -0.15) is 0 Å². The predicted octanol–water partition coefficient (Wildman–Crippen LogP) is 4.67. The first-order chi connectivity index (χ1) is 10.4. The average molecular weight is 283 g/mol. The summed E-state index contributed by atoms with van der Waals surface area (Å²) >= 11 is 0. The van der Waals surface area contributed by atoms with E-state index < -0.39 is 0 Å². The van der Waals surface area contributed by atoms with E-state index in [4.69, 9.17) is 4.74 Å². The number of nitrogens with one attached hydrogen (secondary N) is 1. The molecule has 0 amide bonds. The van der Waals surface area contributed by atoms with Gasteiger partial charge in [-0.3, -0.25) is 0 Å². The number of hydrogen-bond donors (Lipinski definition) is 1. The lowest BCUT2D eigenvalue weighted by Gasteiger charge is -2.21. The Morgan fingerprint density at radius 2 is 2.00 bits per heavy atom. The molecule has 112 valence electrons. The Hall–Kier alpha value is -1.96. The van der Waals surface area contributed by atoms with Crippen molar-refractivity contribution in [3.8, 4) is 0 Å². The van der Waals surface area contributed by atoms with Crippen molar-refractivity contribution in [2.45, 2.75) is 33.1 Å². The molecule has 0 unspecified atom stereocenters. The van der Waals surface area contributed by atoms with Crippen molar-refractivity contribution in [1.82, 2.24) is 5.32 Å². The second-order valence-electron chi connectivity index (χ2n) is 5.10. The van der Waals surface area contributed by atoms with Gasteiger partial charge < -0.3 is 10.1 Å². The molecular weight excluding hydrogens is 258 g/mol. The first-order valence-electron chi connectivity index (χ1n) is 7.89. The Labute approximate surface area is 128 Å². The second-order valence-corrected chi connectivity index (χ2v) is 5.10. The zero-order valence-electron chi connectivity index (χ0n) is 13.1. The van der Waals surface area contributed by atoms with E-state index in [0.29, 0.717) is 6.61 Å². The van der Waals surface area contributed by atoms with E-state index in [1.54, 1.807) is 0 Å². The van der Waals surface area contributed by atoms with Crippen molar-refractivity contribution < 1.29 is 4.74 Å². The fraction of sp³-hybridized carbons (Fsp3) is 0.368. The zero-order chi connectivity index (χ0) is 14.9. The van der Waals surface area contributed by atoms with Crippen LogP contribution in [0.25, 0.3) is 5.76 Å². The standard InChI is InChI=1S/C19H25NO/c1-3-5-15-20-18-14-10-9-13-17(18)19(21-4-2)16-11-7-6-8-12-16/h6-12,14,20H,3-5,13,15H2,1-2H3. The maximum Gasteiger partial charge on any atom is 0.132 e. The van der Waals surface area contributed by atoms with E-state index >= 15 is 0 Å². The highest BCUT2D eigenvalue weighted by molar-refractivity contribution is 5.68. The normalized spacial score (nSPS) is 16.4. The van der Waals surface area contributed by atoms with Crippen molar-refractivity contribution in [2.24, 2.45) is 0 Å². The van der Waals surface area contributed by atoms with Crippen LogP contribution >= 0.6 is 0 Å². The molecule has 0 aromatic heterocycles. The number of unbranched alkanes of at least 4 members (excludes halogenated alkanes) is 1. The zero-order valence-corrected chi connectivity index (χ0v) is 13.1. The Morgan fingerprint density at radius 1 is 1.19 bits per heavy atom. The van der Waals surface area contributed by atoms with Crippen molar-refractivity contribution >= 4 is 5.76 Å². The third-order valence-electron chi connectivity index (χ3n) is 3.49. The third kappa shape index (κ3) is 4.25. The van der Waals surface area contributed by atoms with Gasteiger partial charge in [0.15, 0.2) is 0 Å². The third-order valence-corrected chi connectivity index (χ3v) is 3.49. The lowest BCUT2D eigenvalue weighted by atomic mass is 9.98. The van der Waals surface area contributed by atoms with E-state index in [0.717, 1.165) is 24.3 Å². The highest BCUT2D eigenvalue weighted by atomic mass is 16.5. The summed E-state index contributed by atoms with van der Waals surface area (Å²) in [6.07, 6.45) is 9.75. The number of ether oxygens (including phenoxy) is 1. The molecule has 0 heterocycles. The van der Waals surface area contributed by atoms with E-state index in [2.05, 4.69) is 54.7 Å². The number of hydrogen-bond acceptors (Lipinski definition) is 2. The molecule has 2 nitrogen and oxygen atoms in total. The molecule has 2 rings (SSSR count). The fourth-order valence-corrected chi connectivity index (χ4v) is 2.42. The summed E-state index contributed by atoms with van der Waals surface area (Å²) in [4.78, 5) is 0. The van der Waals surface area contributed by atoms with Crippen LogP contribution in [0.4, 0.5) is 0 Å². The van der Waals surface area contributed by atoms with Crippen LogP contribution in [0.15, 0.2) is 59.8 Å². The lowest BCUT2D eigenvalue weighted by Crippen LogP contribution is -2.18. The molecule has 0 bridgehead atoms. The minimum Gasteiger partial charge on any atom is -0.493 e. The van der Waals surface area contributed by atoms with Crippen molar-refractivity contribution in [2.75, 3.05) is 13.2 Å². The lowest BCUT2D eigenvalue weighted by molar-refractivity contribution is 0.295. The maximum atomic E-state index is 5.97. The minimum absolute atomic E-state index is 0.680. The SMILES string of the molecule is CCCCNC1=CC=CCC1=C(OCC)c1ccccc1. The van der Waals surface area contributed by atoms with Gasteiger partial charge in [-0.05, 0) is 25.8 Å². The molecule has 0 saturated carbocycles. The monoisotopic (exact) mass is 283 g/mol. The van der Waals surface area contributed by atoms with Crippen LogP contribution in [0, 0.1) is 0 Å². The van der Waals surface area contributed by atoms with Crippen LogP contribution < -0.4 is 5.32 Å². The summed E-state index contributed by atoms with van der Waals surface area (Å²) in [6, 6.07) is 10.4. The first kappa shape index (κ1) is 15.4. The second kappa shape index (κ2) is 8.35. The molecule has 0 radical (unpaired) electrons. The molecule has 1 N–H and O–H groups in total. The Balaban J connectivity index is 2.31. The molecule has 1 aliphatic rings. The van der Waals surface area contributed by atoms with Gasteiger partial charge in [0.1, 0.15) is 5.76 Å². The van der Waals surface area contributed by atoms with Gasteiger partial charge in [0.05, 0.1) is 6.61 Å². The van der Waals surface area contributed by atoms with E-state index in [1.165, 1.54) is 24.1 Å². The number of rotatable bonds is 7. The average Bonchev–Trinajstić information content (AvgIpc) is 2.54. The molecule has 21 heavy (non-hydrogen) atoms. The van der Waals surface area contributed by atoms with Crippen LogP contribution in [-0.2, 0) is 4.74 Å². The molecule has 1 aliphatic carbocycles. The Kier molecular flexibility index (Phi) is 6.14. The molecule has 0 fully saturated rings. The summed E-state index contributed by atoms with van der Waals surface area (Å²) in [7, 11) is 0. The van der Waals surface area contributed by atoms with Crippen LogP contribution in [0.1, 0.15) is 38.7 Å². The van der Waals surface area contributed by atoms with Gasteiger partial charge >= 0.3 is 0 Å². The summed E-state index contributed by atoms with van der Waals surface area (Å²) in [6.45, 7) is 5.94. The Morgan fingerprint density at radius 3 is 2.71 bits per heavy atom. The maximum absolute atomic E-state index is 5.97. The quantitative estimate of drug-likeness (QED) is 0.580. The molecule has 0 saturated heterocycles. The molecule has 1 aromatic rings. The first-order valence-corrected chi connectivity index (χ1v) is 7.89.